The van der Waals surface area contributed by atoms with Crippen LogP contribution in [0.4, 0.5) is 11.4 Å². The maximum Gasteiger partial charge on any atom is 0.271 e. The number of halogens is 1. The number of benzene rings is 1. The van der Waals surface area contributed by atoms with Crippen molar-refractivity contribution < 1.29 is 14.8 Å². The standard InChI is InChI=1S/C13H16ClN3O4/c14-11-7-10(17(20)21)3-4-12(11)15-13(19)8-16(5-6-18)9-1-2-9/h3-4,7,9,18H,1-2,5-6,8H2,(H,15,19). The molecule has 1 aliphatic carbocycles. The second-order valence-electron chi connectivity index (χ2n) is 4.89. The zero-order valence-corrected chi connectivity index (χ0v) is 12.0. The summed E-state index contributed by atoms with van der Waals surface area (Å²) < 4.78 is 0. The predicted octanol–water partition coefficient (Wildman–Crippen LogP) is 1.64. The number of hydrogen-bond donors (Lipinski definition) is 2. The Bertz CT molecular complexity index is 548. The van der Waals surface area contributed by atoms with E-state index in [4.69, 9.17) is 16.7 Å². The summed E-state index contributed by atoms with van der Waals surface area (Å²) in [4.78, 5) is 24.0. The monoisotopic (exact) mass is 313 g/mol. The molecule has 1 fully saturated rings. The van der Waals surface area contributed by atoms with E-state index in [1.165, 1.54) is 18.2 Å². The molecule has 0 spiro atoms. The molecule has 114 valence electrons. The van der Waals surface area contributed by atoms with Gasteiger partial charge in [0.15, 0.2) is 0 Å². The highest BCUT2D eigenvalue weighted by molar-refractivity contribution is 6.34. The summed E-state index contributed by atoms with van der Waals surface area (Å²) in [5.74, 6) is -0.258. The molecule has 0 atom stereocenters. The SMILES string of the molecule is O=C(CN(CCO)C1CC1)Nc1ccc([N+](=O)[O-])cc1Cl. The molecule has 0 aromatic heterocycles. The van der Waals surface area contributed by atoms with E-state index in [0.717, 1.165) is 12.8 Å². The molecule has 1 aromatic rings. The number of hydrogen-bond acceptors (Lipinski definition) is 5. The third-order valence-corrected chi connectivity index (χ3v) is 3.55. The highest BCUT2D eigenvalue weighted by atomic mass is 35.5. The number of anilines is 1. The number of carbonyl (C=O) groups excluding carboxylic acids is 1. The molecule has 0 radical (unpaired) electrons. The van der Waals surface area contributed by atoms with E-state index < -0.39 is 4.92 Å². The van der Waals surface area contributed by atoms with Crippen LogP contribution in [0.1, 0.15) is 12.8 Å². The molecule has 2 rings (SSSR count). The smallest absolute Gasteiger partial charge is 0.271 e. The van der Waals surface area contributed by atoms with Gasteiger partial charge in [-0.1, -0.05) is 11.6 Å². The first-order valence-electron chi connectivity index (χ1n) is 6.60. The van der Waals surface area contributed by atoms with Gasteiger partial charge in [-0.2, -0.15) is 0 Å². The van der Waals surface area contributed by atoms with Crippen LogP contribution in [0.3, 0.4) is 0 Å². The second-order valence-corrected chi connectivity index (χ2v) is 5.30. The number of carbonyl (C=O) groups is 1. The molecule has 0 saturated heterocycles. The zero-order valence-electron chi connectivity index (χ0n) is 11.3. The summed E-state index contributed by atoms with van der Waals surface area (Å²) >= 11 is 5.92. The van der Waals surface area contributed by atoms with Crippen molar-refractivity contribution in [2.75, 3.05) is 25.0 Å². The van der Waals surface area contributed by atoms with Gasteiger partial charge in [-0.3, -0.25) is 19.8 Å². The maximum absolute atomic E-state index is 12.0. The van der Waals surface area contributed by atoms with Gasteiger partial charge < -0.3 is 10.4 Å². The van der Waals surface area contributed by atoms with Crippen molar-refractivity contribution >= 4 is 28.9 Å². The van der Waals surface area contributed by atoms with Crippen LogP contribution in [0, 0.1) is 10.1 Å². The van der Waals surface area contributed by atoms with E-state index in [2.05, 4.69) is 5.32 Å². The van der Waals surface area contributed by atoms with Gasteiger partial charge in [-0.05, 0) is 18.9 Å². The van der Waals surface area contributed by atoms with Crippen LogP contribution in [0.25, 0.3) is 0 Å². The fourth-order valence-electron chi connectivity index (χ4n) is 2.05. The number of rotatable bonds is 7. The Balaban J connectivity index is 1.97. The van der Waals surface area contributed by atoms with Gasteiger partial charge in [-0.25, -0.2) is 0 Å². The number of nitro benzene ring substituents is 1. The van der Waals surface area contributed by atoms with Crippen molar-refractivity contribution in [2.24, 2.45) is 0 Å². The van der Waals surface area contributed by atoms with Crippen molar-refractivity contribution in [3.05, 3.63) is 33.3 Å². The number of non-ortho nitro benzene ring substituents is 1. The summed E-state index contributed by atoms with van der Waals surface area (Å²) in [6.45, 7) is 0.618. The fourth-order valence-corrected chi connectivity index (χ4v) is 2.27. The van der Waals surface area contributed by atoms with Crippen LogP contribution in [-0.4, -0.2) is 46.6 Å². The van der Waals surface area contributed by atoms with Gasteiger partial charge in [-0.15, -0.1) is 0 Å². The Morgan fingerprint density at radius 2 is 2.24 bits per heavy atom. The Morgan fingerprint density at radius 3 is 2.76 bits per heavy atom. The third kappa shape index (κ3) is 4.38. The highest BCUT2D eigenvalue weighted by Crippen LogP contribution is 2.28. The van der Waals surface area contributed by atoms with Crippen molar-refractivity contribution in [2.45, 2.75) is 18.9 Å². The number of nitro groups is 1. The minimum Gasteiger partial charge on any atom is -0.395 e. The van der Waals surface area contributed by atoms with Crippen LogP contribution in [0.5, 0.6) is 0 Å². The largest absolute Gasteiger partial charge is 0.395 e. The number of aliphatic hydroxyl groups excluding tert-OH is 1. The molecule has 1 saturated carbocycles. The molecule has 8 heteroatoms. The predicted molar refractivity (Wildman–Crippen MR) is 78.4 cm³/mol. The summed E-state index contributed by atoms with van der Waals surface area (Å²) in [6, 6.07) is 4.25. The number of nitrogens with one attached hydrogen (secondary N) is 1. The van der Waals surface area contributed by atoms with E-state index in [9.17, 15) is 14.9 Å². The van der Waals surface area contributed by atoms with Gasteiger partial charge in [0.1, 0.15) is 0 Å². The van der Waals surface area contributed by atoms with E-state index >= 15 is 0 Å². The van der Waals surface area contributed by atoms with Gasteiger partial charge in [0.2, 0.25) is 5.91 Å². The first kappa shape index (κ1) is 15.7. The molecule has 21 heavy (non-hydrogen) atoms. The lowest BCUT2D eigenvalue weighted by Crippen LogP contribution is -2.36. The van der Waals surface area contributed by atoms with Gasteiger partial charge in [0, 0.05) is 24.7 Å². The van der Waals surface area contributed by atoms with Crippen LogP contribution in [0.15, 0.2) is 18.2 Å². The van der Waals surface area contributed by atoms with Gasteiger partial charge >= 0.3 is 0 Å². The molecule has 1 aromatic carbocycles. The van der Waals surface area contributed by atoms with Crippen LogP contribution < -0.4 is 5.32 Å². The van der Waals surface area contributed by atoms with Gasteiger partial charge in [0.25, 0.3) is 5.69 Å². The van der Waals surface area contributed by atoms with E-state index in [1.807, 2.05) is 4.90 Å². The molecular weight excluding hydrogens is 298 g/mol. The second kappa shape index (κ2) is 6.84. The Hall–Kier alpha value is -1.70. The quantitative estimate of drug-likeness (QED) is 0.589. The molecule has 0 unspecified atom stereocenters. The molecule has 2 N–H and O–H groups in total. The van der Waals surface area contributed by atoms with E-state index in [-0.39, 0.29) is 29.8 Å². The number of amides is 1. The van der Waals surface area contributed by atoms with Crippen LogP contribution in [-0.2, 0) is 4.79 Å². The lowest BCUT2D eigenvalue weighted by Gasteiger charge is -2.20. The molecular formula is C13H16ClN3O4. The van der Waals surface area contributed by atoms with Crippen molar-refractivity contribution in [3.63, 3.8) is 0 Å². The average molecular weight is 314 g/mol. The van der Waals surface area contributed by atoms with Crippen molar-refractivity contribution in [1.29, 1.82) is 0 Å². The minimum atomic E-state index is -0.548. The lowest BCUT2D eigenvalue weighted by atomic mass is 10.2. The van der Waals surface area contributed by atoms with Gasteiger partial charge in [0.05, 0.1) is 28.8 Å². The normalized spacial score (nSPS) is 14.2. The number of nitrogens with zero attached hydrogens (tertiary/aromatic N) is 2. The molecule has 7 nitrogen and oxygen atoms in total. The first-order valence-corrected chi connectivity index (χ1v) is 6.97. The van der Waals surface area contributed by atoms with Crippen molar-refractivity contribution in [3.8, 4) is 0 Å². The first-order chi connectivity index (χ1) is 10.0. The maximum atomic E-state index is 12.0. The summed E-state index contributed by atoms with van der Waals surface area (Å²) in [6.07, 6.45) is 2.07. The summed E-state index contributed by atoms with van der Waals surface area (Å²) in [7, 11) is 0. The Kier molecular flexibility index (Phi) is 5.11. The Morgan fingerprint density at radius 1 is 1.52 bits per heavy atom. The van der Waals surface area contributed by atoms with E-state index in [0.29, 0.717) is 18.3 Å². The van der Waals surface area contributed by atoms with Crippen LogP contribution in [0.2, 0.25) is 5.02 Å². The Labute approximate surface area is 126 Å². The fraction of sp³-hybridized carbons (Fsp3) is 0.462. The topological polar surface area (TPSA) is 95.7 Å². The number of aliphatic hydroxyl groups is 1. The zero-order chi connectivity index (χ0) is 15.4. The molecule has 0 heterocycles. The molecule has 1 amide bonds. The van der Waals surface area contributed by atoms with E-state index in [1.54, 1.807) is 0 Å². The average Bonchev–Trinajstić information content (AvgIpc) is 3.24. The third-order valence-electron chi connectivity index (χ3n) is 3.23. The van der Waals surface area contributed by atoms with Crippen LogP contribution >= 0.6 is 11.6 Å². The van der Waals surface area contributed by atoms with Crippen molar-refractivity contribution in [1.82, 2.24) is 4.90 Å². The summed E-state index contributed by atoms with van der Waals surface area (Å²) in [5.41, 5.74) is 0.213. The lowest BCUT2D eigenvalue weighted by molar-refractivity contribution is -0.384. The molecule has 0 bridgehead atoms. The minimum absolute atomic E-state index is 0.00205. The molecule has 0 aliphatic heterocycles. The summed E-state index contributed by atoms with van der Waals surface area (Å²) in [5, 5.41) is 22.4. The molecule has 1 aliphatic rings. The highest BCUT2D eigenvalue weighted by Gasteiger charge is 2.29.